The van der Waals surface area contributed by atoms with Crippen LogP contribution in [0.3, 0.4) is 0 Å². The molecule has 1 fully saturated rings. The van der Waals surface area contributed by atoms with E-state index in [2.05, 4.69) is 10.1 Å². The molecule has 27 heavy (non-hydrogen) atoms. The zero-order valence-corrected chi connectivity index (χ0v) is 15.3. The molecule has 0 radical (unpaired) electrons. The van der Waals surface area contributed by atoms with Crippen LogP contribution in [0.5, 0.6) is 0 Å². The summed E-state index contributed by atoms with van der Waals surface area (Å²) in [5.41, 5.74) is 2.05. The Morgan fingerprint density at radius 3 is 2.70 bits per heavy atom. The third kappa shape index (κ3) is 2.75. The van der Waals surface area contributed by atoms with Gasteiger partial charge in [-0.05, 0) is 18.1 Å². The highest BCUT2D eigenvalue weighted by Crippen LogP contribution is 2.36. The molecule has 4 rings (SSSR count). The van der Waals surface area contributed by atoms with Gasteiger partial charge in [0.25, 0.3) is 5.91 Å². The van der Waals surface area contributed by atoms with Crippen LogP contribution >= 0.6 is 0 Å². The Morgan fingerprint density at radius 2 is 1.96 bits per heavy atom. The van der Waals surface area contributed by atoms with Gasteiger partial charge in [0, 0.05) is 26.3 Å². The number of benzene rings is 1. The number of rotatable bonds is 3. The predicted octanol–water partition coefficient (Wildman–Crippen LogP) is 1.93. The molecule has 0 saturated carbocycles. The topological polar surface area (TPSA) is 77.3 Å². The Balaban J connectivity index is 1.66. The fourth-order valence-electron chi connectivity index (χ4n) is 3.78. The first-order valence-electron chi connectivity index (χ1n) is 8.76. The van der Waals surface area contributed by atoms with E-state index in [4.69, 9.17) is 4.74 Å². The van der Waals surface area contributed by atoms with E-state index in [0.29, 0.717) is 18.5 Å². The van der Waals surface area contributed by atoms with Gasteiger partial charge in [0.05, 0.1) is 24.4 Å². The fourth-order valence-corrected chi connectivity index (χ4v) is 3.78. The van der Waals surface area contributed by atoms with Gasteiger partial charge in [0.15, 0.2) is 0 Å². The number of pyridine rings is 1. The number of nitrogens with zero attached hydrogens (tertiary/aromatic N) is 4. The lowest BCUT2D eigenvalue weighted by Gasteiger charge is -2.27. The first-order chi connectivity index (χ1) is 13.0. The number of amides is 1. The maximum atomic E-state index is 13.1. The van der Waals surface area contributed by atoms with Gasteiger partial charge in [-0.2, -0.15) is 5.10 Å². The number of ether oxygens (including phenoxy) is 1. The Morgan fingerprint density at radius 1 is 1.19 bits per heavy atom. The van der Waals surface area contributed by atoms with E-state index in [1.54, 1.807) is 28.0 Å². The lowest BCUT2D eigenvalue weighted by molar-refractivity contribution is -0.147. The van der Waals surface area contributed by atoms with Gasteiger partial charge in [-0.25, -0.2) is 0 Å². The molecule has 3 aromatic rings. The van der Waals surface area contributed by atoms with E-state index >= 15 is 0 Å². The molecule has 1 aliphatic heterocycles. The summed E-state index contributed by atoms with van der Waals surface area (Å²) in [6.07, 6.45) is 3.75. The molecule has 1 unspecified atom stereocenters. The van der Waals surface area contributed by atoms with Crippen LogP contribution < -0.4 is 0 Å². The Kier molecular flexibility index (Phi) is 4.14. The van der Waals surface area contributed by atoms with Gasteiger partial charge in [0.2, 0.25) is 0 Å². The molecule has 1 aliphatic rings. The number of hydrogen-bond donors (Lipinski definition) is 0. The van der Waals surface area contributed by atoms with E-state index in [9.17, 15) is 9.59 Å². The monoisotopic (exact) mass is 364 g/mol. The smallest absolute Gasteiger partial charge is 0.318 e. The highest BCUT2D eigenvalue weighted by Gasteiger charge is 2.48. The second-order valence-corrected chi connectivity index (χ2v) is 6.81. The van der Waals surface area contributed by atoms with Crippen molar-refractivity contribution in [2.75, 3.05) is 20.2 Å². The van der Waals surface area contributed by atoms with Gasteiger partial charge < -0.3 is 9.64 Å². The van der Waals surface area contributed by atoms with E-state index in [0.717, 1.165) is 16.6 Å². The summed E-state index contributed by atoms with van der Waals surface area (Å²) < 4.78 is 6.77. The third-order valence-electron chi connectivity index (χ3n) is 5.31. The lowest BCUT2D eigenvalue weighted by Crippen LogP contribution is -2.41. The maximum Gasteiger partial charge on any atom is 0.318 e. The third-order valence-corrected chi connectivity index (χ3v) is 5.31. The highest BCUT2D eigenvalue weighted by atomic mass is 16.5. The van der Waals surface area contributed by atoms with Crippen molar-refractivity contribution in [2.24, 2.45) is 7.05 Å². The summed E-state index contributed by atoms with van der Waals surface area (Å²) in [6, 6.07) is 11.3. The van der Waals surface area contributed by atoms with Crippen LogP contribution in [0, 0.1) is 0 Å². The minimum absolute atomic E-state index is 0.146. The normalized spacial score (nSPS) is 19.4. The largest absolute Gasteiger partial charge is 0.468 e. The molecule has 7 heteroatoms. The molecule has 0 spiro atoms. The number of methoxy groups -OCH3 is 1. The molecule has 2 aromatic heterocycles. The molecule has 1 amide bonds. The van der Waals surface area contributed by atoms with Crippen molar-refractivity contribution in [1.29, 1.82) is 0 Å². The summed E-state index contributed by atoms with van der Waals surface area (Å²) in [5, 5.41) is 4.16. The highest BCUT2D eigenvalue weighted by molar-refractivity contribution is 5.98. The Bertz CT molecular complexity index is 1010. The molecule has 0 bridgehead atoms. The van der Waals surface area contributed by atoms with Crippen molar-refractivity contribution in [1.82, 2.24) is 19.7 Å². The first-order valence-corrected chi connectivity index (χ1v) is 8.76. The van der Waals surface area contributed by atoms with E-state index in [1.807, 2.05) is 37.4 Å². The van der Waals surface area contributed by atoms with Crippen molar-refractivity contribution in [3.8, 4) is 0 Å². The van der Waals surface area contributed by atoms with Gasteiger partial charge in [-0.15, -0.1) is 0 Å². The SMILES string of the molecule is COC(=O)C1(c2ccccc2)CCN(C(=O)c2cnc3cnn(C)c3c2)C1. The molecule has 1 atom stereocenters. The lowest BCUT2D eigenvalue weighted by atomic mass is 9.79. The number of aryl methyl sites for hydroxylation is 1. The van der Waals surface area contributed by atoms with Gasteiger partial charge in [-0.1, -0.05) is 30.3 Å². The molecule has 0 N–H and O–H groups in total. The summed E-state index contributed by atoms with van der Waals surface area (Å²) in [7, 11) is 3.20. The molecule has 3 heterocycles. The van der Waals surface area contributed by atoms with E-state index < -0.39 is 5.41 Å². The van der Waals surface area contributed by atoms with E-state index in [1.165, 1.54) is 7.11 Å². The standard InChI is InChI=1S/C20H20N4O3/c1-23-17-10-14(11-21-16(17)12-22-23)18(25)24-9-8-20(13-24,19(26)27-2)15-6-4-3-5-7-15/h3-7,10-12H,8-9,13H2,1-2H3. The molecule has 1 saturated heterocycles. The van der Waals surface area contributed by atoms with Gasteiger partial charge in [-0.3, -0.25) is 19.3 Å². The van der Waals surface area contributed by atoms with Crippen LogP contribution in [0.25, 0.3) is 11.0 Å². The van der Waals surface area contributed by atoms with Crippen LogP contribution in [0.2, 0.25) is 0 Å². The minimum Gasteiger partial charge on any atom is -0.468 e. The summed E-state index contributed by atoms with van der Waals surface area (Å²) in [5.74, 6) is -0.462. The number of fused-ring (bicyclic) bond motifs is 1. The Labute approximate surface area is 156 Å². The average molecular weight is 364 g/mol. The second-order valence-electron chi connectivity index (χ2n) is 6.81. The number of aromatic nitrogens is 3. The number of esters is 1. The van der Waals surface area contributed by atoms with Crippen LogP contribution in [0.15, 0.2) is 48.8 Å². The summed E-state index contributed by atoms with van der Waals surface area (Å²) >= 11 is 0. The van der Waals surface area contributed by atoms with Crippen molar-refractivity contribution >= 4 is 22.9 Å². The maximum absolute atomic E-state index is 13.1. The number of carbonyl (C=O) groups excluding carboxylic acids is 2. The fraction of sp³-hybridized carbons (Fsp3) is 0.300. The molecular formula is C20H20N4O3. The number of likely N-dealkylation sites (tertiary alicyclic amines) is 1. The Hall–Kier alpha value is -3.22. The summed E-state index contributed by atoms with van der Waals surface area (Å²) in [6.45, 7) is 0.762. The van der Waals surface area contributed by atoms with Crippen molar-refractivity contribution in [3.05, 3.63) is 59.9 Å². The van der Waals surface area contributed by atoms with Gasteiger partial charge >= 0.3 is 5.97 Å². The molecular weight excluding hydrogens is 344 g/mol. The molecule has 138 valence electrons. The number of hydrogen-bond acceptors (Lipinski definition) is 5. The zero-order chi connectivity index (χ0) is 19.0. The van der Waals surface area contributed by atoms with Gasteiger partial charge in [0.1, 0.15) is 10.9 Å². The summed E-state index contributed by atoms with van der Waals surface area (Å²) in [4.78, 5) is 31.7. The van der Waals surface area contributed by atoms with Crippen molar-refractivity contribution in [3.63, 3.8) is 0 Å². The average Bonchev–Trinajstić information content (AvgIpc) is 3.32. The minimum atomic E-state index is -0.838. The zero-order valence-electron chi connectivity index (χ0n) is 15.3. The second kappa shape index (κ2) is 6.50. The quantitative estimate of drug-likeness (QED) is 0.664. The first kappa shape index (κ1) is 17.2. The van der Waals surface area contributed by atoms with E-state index in [-0.39, 0.29) is 18.4 Å². The van der Waals surface area contributed by atoms with Crippen molar-refractivity contribution in [2.45, 2.75) is 11.8 Å². The van der Waals surface area contributed by atoms with Crippen molar-refractivity contribution < 1.29 is 14.3 Å². The molecule has 1 aromatic carbocycles. The molecule has 7 nitrogen and oxygen atoms in total. The van der Waals surface area contributed by atoms with Crippen LogP contribution in [-0.2, 0) is 22.0 Å². The number of carbonyl (C=O) groups is 2. The predicted molar refractivity (Wildman–Crippen MR) is 99.2 cm³/mol. The molecule has 0 aliphatic carbocycles. The van der Waals surface area contributed by atoms with Crippen LogP contribution in [0.4, 0.5) is 0 Å². The van der Waals surface area contributed by atoms with Crippen LogP contribution in [0.1, 0.15) is 22.3 Å². The van der Waals surface area contributed by atoms with Crippen LogP contribution in [-0.4, -0.2) is 51.7 Å².